The average molecular weight is 583 g/mol. The summed E-state index contributed by atoms with van der Waals surface area (Å²) in [5.74, 6) is -2.53. The lowest BCUT2D eigenvalue weighted by Crippen LogP contribution is -2.29. The van der Waals surface area contributed by atoms with E-state index in [4.69, 9.17) is 20.4 Å². The van der Waals surface area contributed by atoms with Crippen LogP contribution < -0.4 is 15.8 Å². The second-order valence-corrected chi connectivity index (χ2v) is 8.95. The summed E-state index contributed by atoms with van der Waals surface area (Å²) in [6, 6.07) is 13.4. The Hall–Kier alpha value is -4.51. The van der Waals surface area contributed by atoms with E-state index >= 15 is 0 Å². The third kappa shape index (κ3) is 8.01. The van der Waals surface area contributed by atoms with Crippen molar-refractivity contribution in [1.82, 2.24) is 10.3 Å². The number of hydrogen-bond acceptors (Lipinski definition) is 7. The van der Waals surface area contributed by atoms with Crippen LogP contribution in [-0.4, -0.2) is 40.4 Å². The van der Waals surface area contributed by atoms with Gasteiger partial charge in [-0.05, 0) is 66.8 Å². The van der Waals surface area contributed by atoms with Crippen LogP contribution in [0.15, 0.2) is 48.5 Å². The predicted molar refractivity (Wildman–Crippen MR) is 135 cm³/mol. The molecule has 1 aromatic heterocycles. The molecular formula is C27H24F6N4O4. The fourth-order valence-electron chi connectivity index (χ4n) is 4.17. The van der Waals surface area contributed by atoms with Crippen LogP contribution in [0.4, 0.5) is 32.2 Å². The minimum Gasteiger partial charge on any atom is -0.507 e. The number of ether oxygens (including phenoxy) is 1. The molecule has 1 saturated heterocycles. The number of phenolic OH excluding ortho intramolecular Hbond substituents is 1. The molecule has 14 heteroatoms. The number of halogens is 6. The number of alkyl halides is 6. The van der Waals surface area contributed by atoms with Crippen molar-refractivity contribution in [2.24, 2.45) is 0 Å². The monoisotopic (exact) mass is 582 g/mol. The molecule has 0 radical (unpaired) electrons. The maximum atomic E-state index is 13.0. The van der Waals surface area contributed by atoms with Crippen LogP contribution >= 0.6 is 0 Å². The lowest BCUT2D eigenvalue weighted by molar-refractivity contribution is -0.192. The van der Waals surface area contributed by atoms with Crippen molar-refractivity contribution < 1.29 is 46.1 Å². The molecule has 41 heavy (non-hydrogen) atoms. The highest BCUT2D eigenvalue weighted by Gasteiger charge is 2.38. The van der Waals surface area contributed by atoms with Gasteiger partial charge in [-0.1, -0.05) is 18.2 Å². The van der Waals surface area contributed by atoms with Crippen LogP contribution in [0.5, 0.6) is 11.5 Å². The average Bonchev–Trinajstić information content (AvgIpc) is 2.91. The van der Waals surface area contributed by atoms with Gasteiger partial charge in [0.1, 0.15) is 30.0 Å². The molecule has 1 unspecified atom stereocenters. The molecule has 2 heterocycles. The van der Waals surface area contributed by atoms with Gasteiger partial charge in [0.15, 0.2) is 0 Å². The number of nitrogens with zero attached hydrogens (tertiary/aromatic N) is 2. The van der Waals surface area contributed by atoms with Gasteiger partial charge < -0.3 is 26.0 Å². The standard InChI is InChI=1S/C25H23F3N4O2.C2HF3O2/c26-25(27,28)17-6-1-4-15(10-17)14-34-22-8-2-7-21(33)23(22)20-11-18(16-5-3-9-31-13-16)19(12-29)24(30)32-20;3-2(4,5)1(6)7/h1-2,4,6-8,10-11,16,31,33H,3,5,9,13-14H2,(H2,30,32);(H,6,7). The summed E-state index contributed by atoms with van der Waals surface area (Å²) in [6.07, 6.45) is -7.71. The largest absolute Gasteiger partial charge is 0.507 e. The van der Waals surface area contributed by atoms with E-state index in [-0.39, 0.29) is 35.4 Å². The minimum absolute atomic E-state index is 0.0488. The number of nitrogen functional groups attached to an aromatic ring is 1. The second kappa shape index (κ2) is 12.8. The zero-order valence-corrected chi connectivity index (χ0v) is 21.2. The predicted octanol–water partition coefficient (Wildman–Crippen LogP) is 5.61. The van der Waals surface area contributed by atoms with Crippen molar-refractivity contribution in [3.63, 3.8) is 0 Å². The number of piperidine rings is 1. The van der Waals surface area contributed by atoms with E-state index in [1.54, 1.807) is 18.2 Å². The quantitative estimate of drug-likeness (QED) is 0.285. The van der Waals surface area contributed by atoms with Crippen molar-refractivity contribution in [1.29, 1.82) is 5.26 Å². The van der Waals surface area contributed by atoms with Crippen LogP contribution in [0.3, 0.4) is 0 Å². The molecule has 0 bridgehead atoms. The highest BCUT2D eigenvalue weighted by atomic mass is 19.4. The zero-order chi connectivity index (χ0) is 30.4. The third-order valence-corrected chi connectivity index (χ3v) is 6.08. The summed E-state index contributed by atoms with van der Waals surface area (Å²) in [5.41, 5.74) is 7.31. The molecule has 8 nitrogen and oxygen atoms in total. The number of hydrogen-bond donors (Lipinski definition) is 4. The number of nitrogens with one attached hydrogen (secondary N) is 1. The van der Waals surface area contributed by atoms with Gasteiger partial charge in [-0.15, -0.1) is 0 Å². The van der Waals surface area contributed by atoms with Crippen LogP contribution in [0.25, 0.3) is 11.3 Å². The second-order valence-electron chi connectivity index (χ2n) is 8.95. The van der Waals surface area contributed by atoms with Gasteiger partial charge in [-0.3, -0.25) is 0 Å². The van der Waals surface area contributed by atoms with E-state index in [9.17, 15) is 36.7 Å². The molecule has 1 fully saturated rings. The fraction of sp³-hybridized carbons (Fsp3) is 0.296. The number of pyridine rings is 1. The summed E-state index contributed by atoms with van der Waals surface area (Å²) in [6.45, 7) is 1.45. The number of phenols is 1. The Kier molecular flexibility index (Phi) is 9.67. The molecule has 4 rings (SSSR count). The molecule has 0 amide bonds. The Morgan fingerprint density at radius 1 is 1.15 bits per heavy atom. The van der Waals surface area contributed by atoms with Gasteiger partial charge in [-0.2, -0.15) is 31.6 Å². The maximum absolute atomic E-state index is 13.0. The molecule has 5 N–H and O–H groups in total. The smallest absolute Gasteiger partial charge is 0.490 e. The van der Waals surface area contributed by atoms with E-state index in [1.807, 2.05) is 0 Å². The van der Waals surface area contributed by atoms with Crippen LogP contribution in [-0.2, 0) is 17.6 Å². The summed E-state index contributed by atoms with van der Waals surface area (Å²) >= 11 is 0. The Morgan fingerprint density at radius 3 is 2.41 bits per heavy atom. The summed E-state index contributed by atoms with van der Waals surface area (Å²) in [4.78, 5) is 13.2. The van der Waals surface area contributed by atoms with Crippen LogP contribution in [0, 0.1) is 11.3 Å². The number of anilines is 1. The van der Waals surface area contributed by atoms with Crippen molar-refractivity contribution >= 4 is 11.8 Å². The number of rotatable bonds is 5. The molecule has 1 atom stereocenters. The summed E-state index contributed by atoms with van der Waals surface area (Å²) in [5, 5.41) is 30.7. The highest BCUT2D eigenvalue weighted by Crippen LogP contribution is 2.40. The number of carboxylic acids is 1. The molecule has 1 aliphatic rings. The van der Waals surface area contributed by atoms with Gasteiger partial charge in [0, 0.05) is 6.54 Å². The molecule has 1 aliphatic heterocycles. The first kappa shape index (κ1) is 31.0. The lowest BCUT2D eigenvalue weighted by Gasteiger charge is -2.25. The SMILES string of the molecule is N#Cc1c(C2CCCNC2)cc(-c2c(O)cccc2OCc2cccc(C(F)(F)F)c2)nc1N.O=C(O)C(F)(F)F. The van der Waals surface area contributed by atoms with E-state index in [0.717, 1.165) is 37.1 Å². The molecule has 3 aromatic rings. The van der Waals surface area contributed by atoms with Crippen molar-refractivity contribution in [3.05, 3.63) is 70.8 Å². The van der Waals surface area contributed by atoms with Gasteiger partial charge in [0.25, 0.3) is 0 Å². The number of nitriles is 1. The minimum atomic E-state index is -5.08. The first-order valence-corrected chi connectivity index (χ1v) is 12.0. The number of carboxylic acid groups (broad SMARTS) is 1. The summed E-state index contributed by atoms with van der Waals surface area (Å²) in [7, 11) is 0. The molecule has 2 aromatic carbocycles. The fourth-order valence-corrected chi connectivity index (χ4v) is 4.17. The molecule has 0 spiro atoms. The zero-order valence-electron chi connectivity index (χ0n) is 21.2. The number of benzene rings is 2. The normalized spacial score (nSPS) is 15.3. The Balaban J connectivity index is 0.000000587. The number of aromatic nitrogens is 1. The number of aromatic hydroxyl groups is 1. The van der Waals surface area contributed by atoms with Crippen molar-refractivity contribution in [3.8, 4) is 28.8 Å². The summed E-state index contributed by atoms with van der Waals surface area (Å²) < 4.78 is 76.7. The van der Waals surface area contributed by atoms with E-state index in [1.165, 1.54) is 18.2 Å². The van der Waals surface area contributed by atoms with E-state index in [2.05, 4.69) is 16.4 Å². The molecular weight excluding hydrogens is 558 g/mol. The van der Waals surface area contributed by atoms with Gasteiger partial charge in [-0.25, -0.2) is 9.78 Å². The van der Waals surface area contributed by atoms with Gasteiger partial charge in [0.2, 0.25) is 0 Å². The number of carbonyl (C=O) groups is 1. The molecule has 0 aliphatic carbocycles. The Labute approximate surface area is 230 Å². The van der Waals surface area contributed by atoms with Crippen LogP contribution in [0.2, 0.25) is 0 Å². The molecule has 218 valence electrons. The number of nitrogens with two attached hydrogens (primary N) is 1. The maximum Gasteiger partial charge on any atom is 0.490 e. The third-order valence-electron chi connectivity index (χ3n) is 6.08. The van der Waals surface area contributed by atoms with Gasteiger partial charge in [0.05, 0.1) is 22.4 Å². The van der Waals surface area contributed by atoms with Crippen molar-refractivity contribution in [2.75, 3.05) is 18.8 Å². The Bertz CT molecular complexity index is 1430. The lowest BCUT2D eigenvalue weighted by atomic mass is 9.88. The first-order valence-electron chi connectivity index (χ1n) is 12.0. The van der Waals surface area contributed by atoms with Crippen LogP contribution in [0.1, 0.15) is 41.0 Å². The Morgan fingerprint density at radius 2 is 1.83 bits per heavy atom. The highest BCUT2D eigenvalue weighted by molar-refractivity contribution is 5.76. The van der Waals surface area contributed by atoms with E-state index < -0.39 is 23.9 Å². The topological polar surface area (TPSA) is 141 Å². The van der Waals surface area contributed by atoms with E-state index in [0.29, 0.717) is 23.4 Å². The first-order chi connectivity index (χ1) is 19.2. The van der Waals surface area contributed by atoms with Crippen molar-refractivity contribution in [2.45, 2.75) is 37.7 Å². The van der Waals surface area contributed by atoms with Gasteiger partial charge >= 0.3 is 18.3 Å². The number of aliphatic carboxylic acids is 1. The molecule has 0 saturated carbocycles.